The van der Waals surface area contributed by atoms with E-state index in [0.29, 0.717) is 17.8 Å². The summed E-state index contributed by atoms with van der Waals surface area (Å²) in [6.45, 7) is 9.19. The average Bonchev–Trinajstić information content (AvgIpc) is 3.86. The third kappa shape index (κ3) is 12.7. The molecule has 0 bridgehead atoms. The van der Waals surface area contributed by atoms with Crippen molar-refractivity contribution in [1.29, 1.82) is 0 Å². The van der Waals surface area contributed by atoms with Crippen LogP contribution in [0.2, 0.25) is 0 Å². The van der Waals surface area contributed by atoms with Gasteiger partial charge in [-0.15, -0.1) is 11.3 Å². The largest absolute Gasteiger partial charge is 0.453 e. The SMILES string of the molecule is CCC(C)C(C(=O)NC(Cc1ccccc1)C(O)CN(Cc1ccc(-c2ccccn2)cc1)NC(=O)C(NC(=O)OC)C(C)(C)C)N1CCN(Cc2csc(C(F)(F)F)n2)C1=O. The zero-order chi connectivity index (χ0) is 45.2. The molecule has 0 radical (unpaired) electrons. The molecule has 5 atom stereocenters. The topological polar surface area (TPSA) is 169 Å². The van der Waals surface area contributed by atoms with E-state index in [2.05, 4.69) is 26.0 Å². The maximum absolute atomic E-state index is 14.5. The number of thiazole rings is 1. The van der Waals surface area contributed by atoms with Crippen molar-refractivity contribution in [3.8, 4) is 11.3 Å². The number of hydrazine groups is 1. The number of nitrogens with one attached hydrogen (secondary N) is 3. The van der Waals surface area contributed by atoms with Gasteiger partial charge in [-0.1, -0.05) is 102 Å². The van der Waals surface area contributed by atoms with Crippen LogP contribution >= 0.6 is 11.3 Å². The van der Waals surface area contributed by atoms with E-state index in [1.807, 2.05) is 86.6 Å². The fourth-order valence-electron chi connectivity index (χ4n) is 7.17. The van der Waals surface area contributed by atoms with Crippen LogP contribution in [-0.2, 0) is 40.0 Å². The van der Waals surface area contributed by atoms with Gasteiger partial charge in [-0.3, -0.25) is 20.0 Å². The number of carbonyl (C=O) groups is 4. The minimum Gasteiger partial charge on any atom is -0.453 e. The van der Waals surface area contributed by atoms with Crippen LogP contribution in [0, 0.1) is 11.3 Å². The molecule has 5 rings (SSSR count). The quantitative estimate of drug-likeness (QED) is 0.0843. The van der Waals surface area contributed by atoms with E-state index in [4.69, 9.17) is 4.74 Å². The number of halogens is 3. The third-order valence-corrected chi connectivity index (χ3v) is 11.6. The first-order valence-corrected chi connectivity index (χ1v) is 21.3. The summed E-state index contributed by atoms with van der Waals surface area (Å²) in [7, 11) is 1.20. The van der Waals surface area contributed by atoms with Crippen molar-refractivity contribution >= 4 is 35.3 Å². The number of nitrogens with zero attached hydrogens (tertiary/aromatic N) is 5. The minimum atomic E-state index is -4.60. The van der Waals surface area contributed by atoms with Gasteiger partial charge < -0.3 is 30.3 Å². The minimum absolute atomic E-state index is 0.101. The van der Waals surface area contributed by atoms with Crippen LogP contribution in [0.15, 0.2) is 84.4 Å². The van der Waals surface area contributed by atoms with E-state index in [1.165, 1.54) is 27.3 Å². The second-order valence-electron chi connectivity index (χ2n) is 16.4. The Bertz CT molecular complexity index is 2100. The Morgan fingerprint density at radius 1 is 0.952 bits per heavy atom. The summed E-state index contributed by atoms with van der Waals surface area (Å²) in [6.07, 6.45) is -4.30. The maximum atomic E-state index is 14.5. The van der Waals surface area contributed by atoms with Crippen molar-refractivity contribution < 1.29 is 42.2 Å². The van der Waals surface area contributed by atoms with Crippen molar-refractivity contribution in [1.82, 2.24) is 40.8 Å². The van der Waals surface area contributed by atoms with E-state index in [0.717, 1.165) is 22.4 Å². The molecule has 62 heavy (non-hydrogen) atoms. The first kappa shape index (κ1) is 47.5. The number of ether oxygens (including phenoxy) is 1. The summed E-state index contributed by atoms with van der Waals surface area (Å²) in [5.74, 6) is -1.42. The molecule has 2 aromatic carbocycles. The number of rotatable bonds is 18. The number of methoxy groups -OCH3 is 1. The molecule has 1 fully saturated rings. The van der Waals surface area contributed by atoms with Crippen molar-refractivity contribution in [2.45, 2.75) is 91.0 Å². The standard InChI is InChI=1S/C44H55F3N8O6S/c1-7-28(2)36(55-22-21-53(42(55)60)25-32-27-62-40(49-32)44(45,46)47)38(57)50-34(23-29-13-9-8-10-14-29)35(56)26-54(52-39(58)37(43(3,4)5)51-41(59)61-6)24-30-16-18-31(19-17-30)33-15-11-12-20-48-33/h8-20,27-28,34-37,56H,7,21-26H2,1-6H3,(H,50,57)(H,51,59)(H,52,58). The first-order valence-electron chi connectivity index (χ1n) is 20.4. The summed E-state index contributed by atoms with van der Waals surface area (Å²) >= 11 is 0.458. The van der Waals surface area contributed by atoms with Gasteiger partial charge in [0.15, 0.2) is 5.01 Å². The molecule has 4 aromatic rings. The number of hydrogen-bond donors (Lipinski definition) is 4. The number of alkyl halides is 3. The van der Waals surface area contributed by atoms with Crippen LogP contribution in [0.25, 0.3) is 11.3 Å². The van der Waals surface area contributed by atoms with Gasteiger partial charge in [0.1, 0.15) is 12.1 Å². The van der Waals surface area contributed by atoms with Gasteiger partial charge in [0.2, 0.25) is 5.91 Å². The molecule has 1 aliphatic heterocycles. The molecule has 2 aromatic heterocycles. The van der Waals surface area contributed by atoms with Crippen LogP contribution in [0.5, 0.6) is 0 Å². The number of aliphatic hydroxyl groups is 1. The normalized spacial score (nSPS) is 15.8. The summed E-state index contributed by atoms with van der Waals surface area (Å²) < 4.78 is 44.5. The molecular weight excluding hydrogens is 826 g/mol. The van der Waals surface area contributed by atoms with Gasteiger partial charge in [0.05, 0.1) is 37.2 Å². The number of aromatic nitrogens is 2. The highest BCUT2D eigenvalue weighted by Crippen LogP contribution is 2.32. The number of benzene rings is 2. The number of aliphatic hydroxyl groups excluding tert-OH is 1. The van der Waals surface area contributed by atoms with E-state index in [1.54, 1.807) is 27.0 Å². The molecule has 334 valence electrons. The predicted molar refractivity (Wildman–Crippen MR) is 228 cm³/mol. The van der Waals surface area contributed by atoms with E-state index < -0.39 is 64.8 Å². The molecule has 0 spiro atoms. The molecule has 5 unspecified atom stereocenters. The number of alkyl carbamates (subject to hydrolysis) is 1. The average molecular weight is 881 g/mol. The summed E-state index contributed by atoms with van der Waals surface area (Å²) in [5.41, 5.74) is 5.48. The molecule has 3 heterocycles. The molecule has 1 aliphatic rings. The van der Waals surface area contributed by atoms with Gasteiger partial charge in [0.25, 0.3) is 5.91 Å². The van der Waals surface area contributed by atoms with Crippen molar-refractivity contribution in [2.24, 2.45) is 11.3 Å². The van der Waals surface area contributed by atoms with Gasteiger partial charge in [0, 0.05) is 43.3 Å². The van der Waals surface area contributed by atoms with Gasteiger partial charge in [-0.2, -0.15) is 13.2 Å². The van der Waals surface area contributed by atoms with Gasteiger partial charge in [-0.25, -0.2) is 19.6 Å². The number of amides is 5. The Morgan fingerprint density at radius 2 is 1.65 bits per heavy atom. The van der Waals surface area contributed by atoms with Crippen LogP contribution in [0.4, 0.5) is 22.8 Å². The maximum Gasteiger partial charge on any atom is 0.443 e. The molecule has 0 aliphatic carbocycles. The Kier molecular flexibility index (Phi) is 16.1. The number of hydrogen-bond acceptors (Lipinski definition) is 10. The zero-order valence-electron chi connectivity index (χ0n) is 35.7. The molecule has 4 N–H and O–H groups in total. The van der Waals surface area contributed by atoms with E-state index in [-0.39, 0.29) is 50.8 Å². The zero-order valence-corrected chi connectivity index (χ0v) is 36.5. The monoisotopic (exact) mass is 880 g/mol. The third-order valence-electron chi connectivity index (χ3n) is 10.7. The smallest absolute Gasteiger partial charge is 0.443 e. The molecule has 0 saturated carbocycles. The van der Waals surface area contributed by atoms with Crippen LogP contribution in [0.1, 0.15) is 62.9 Å². The van der Waals surface area contributed by atoms with Crippen molar-refractivity contribution in [2.75, 3.05) is 26.7 Å². The highest BCUT2D eigenvalue weighted by atomic mass is 32.1. The van der Waals surface area contributed by atoms with Crippen LogP contribution in [0.3, 0.4) is 0 Å². The predicted octanol–water partition coefficient (Wildman–Crippen LogP) is 6.27. The summed E-state index contributed by atoms with van der Waals surface area (Å²) in [4.78, 5) is 65.5. The van der Waals surface area contributed by atoms with Gasteiger partial charge in [-0.05, 0) is 41.0 Å². The van der Waals surface area contributed by atoms with Crippen LogP contribution in [-0.4, -0.2) is 105 Å². The van der Waals surface area contributed by atoms with Crippen LogP contribution < -0.4 is 16.1 Å². The summed E-state index contributed by atoms with van der Waals surface area (Å²) in [5, 5.41) is 19.6. The van der Waals surface area contributed by atoms with Crippen molar-refractivity contribution in [3.63, 3.8) is 0 Å². The number of pyridine rings is 1. The molecule has 1 saturated heterocycles. The molecule has 5 amide bonds. The van der Waals surface area contributed by atoms with E-state index >= 15 is 0 Å². The highest BCUT2D eigenvalue weighted by molar-refractivity contribution is 7.09. The summed E-state index contributed by atoms with van der Waals surface area (Å²) in [6, 6.07) is 18.9. The van der Waals surface area contributed by atoms with Gasteiger partial charge >= 0.3 is 18.3 Å². The Balaban J connectivity index is 1.40. The number of carbonyl (C=O) groups excluding carboxylic acids is 4. The Labute approximate surface area is 363 Å². The molecular formula is C44H55F3N8O6S. The van der Waals surface area contributed by atoms with E-state index in [9.17, 15) is 37.5 Å². The lowest BCUT2D eigenvalue weighted by atomic mass is 9.86. The Hall–Kier alpha value is -5.59. The lowest BCUT2D eigenvalue weighted by Gasteiger charge is -2.36. The fraction of sp³-hybridized carbons (Fsp3) is 0.455. The van der Waals surface area contributed by atoms with Crippen molar-refractivity contribution in [3.05, 3.63) is 106 Å². The first-order chi connectivity index (χ1) is 29.4. The highest BCUT2D eigenvalue weighted by Gasteiger charge is 2.42. The lowest BCUT2D eigenvalue weighted by Crippen LogP contribution is -2.60. The Morgan fingerprint density at radius 3 is 2.24 bits per heavy atom. The lowest BCUT2D eigenvalue weighted by molar-refractivity contribution is -0.137. The second kappa shape index (κ2) is 21.0. The second-order valence-corrected chi connectivity index (χ2v) is 17.3. The molecule has 14 nitrogen and oxygen atoms in total. The molecule has 18 heteroatoms. The fourth-order valence-corrected chi connectivity index (χ4v) is 7.85. The number of urea groups is 1.